The molecule has 0 N–H and O–H groups in total. The largest absolute Gasteiger partial charge is 0.306 e. The molecule has 0 aromatic rings. The summed E-state index contributed by atoms with van der Waals surface area (Å²) < 4.78 is 0. The summed E-state index contributed by atoms with van der Waals surface area (Å²) in [5.74, 6) is 2.21. The summed E-state index contributed by atoms with van der Waals surface area (Å²) in [6, 6.07) is 0. The van der Waals surface area contributed by atoms with E-state index in [9.17, 15) is 0 Å². The molecule has 0 radical (unpaired) electrons. The minimum atomic E-state index is 1.07. The Bertz CT molecular complexity index is 140. The van der Waals surface area contributed by atoms with Gasteiger partial charge in [0.1, 0.15) is 0 Å². The van der Waals surface area contributed by atoms with Crippen molar-refractivity contribution in [2.75, 3.05) is 20.1 Å². The second-order valence-electron chi connectivity index (χ2n) is 4.78. The summed E-state index contributed by atoms with van der Waals surface area (Å²) in [6.45, 7) is 2.68. The summed E-state index contributed by atoms with van der Waals surface area (Å²) in [7, 11) is 2.26. The standard InChI is InChI=1S/C11H21N/c1-12-7-2-3-10(6-8-12)9-11-4-5-11/h10-11H,2-9H2,1H3. The van der Waals surface area contributed by atoms with Crippen molar-refractivity contribution < 1.29 is 0 Å². The Morgan fingerprint density at radius 3 is 2.50 bits per heavy atom. The number of hydrogen-bond donors (Lipinski definition) is 0. The summed E-state index contributed by atoms with van der Waals surface area (Å²) >= 11 is 0. The highest BCUT2D eigenvalue weighted by molar-refractivity contribution is 4.78. The first-order valence-corrected chi connectivity index (χ1v) is 5.53. The van der Waals surface area contributed by atoms with Gasteiger partial charge in [0.2, 0.25) is 0 Å². The Kier molecular flexibility index (Phi) is 2.69. The van der Waals surface area contributed by atoms with Crippen LogP contribution in [-0.2, 0) is 0 Å². The molecule has 0 aromatic carbocycles. The molecule has 0 spiro atoms. The molecule has 2 rings (SSSR count). The SMILES string of the molecule is CN1CCCC(CC2CC2)CC1. The van der Waals surface area contributed by atoms with Crippen LogP contribution < -0.4 is 0 Å². The fourth-order valence-electron chi connectivity index (χ4n) is 2.37. The van der Waals surface area contributed by atoms with E-state index >= 15 is 0 Å². The van der Waals surface area contributed by atoms with Crippen LogP contribution in [0.2, 0.25) is 0 Å². The molecule has 1 aliphatic heterocycles. The molecule has 70 valence electrons. The second kappa shape index (κ2) is 3.78. The predicted molar refractivity (Wildman–Crippen MR) is 52.2 cm³/mol. The van der Waals surface area contributed by atoms with Gasteiger partial charge in [-0.25, -0.2) is 0 Å². The number of likely N-dealkylation sites (tertiary alicyclic amines) is 1. The summed E-state index contributed by atoms with van der Waals surface area (Å²) in [6.07, 6.45) is 9.02. The minimum Gasteiger partial charge on any atom is -0.306 e. The van der Waals surface area contributed by atoms with E-state index in [0.29, 0.717) is 0 Å². The van der Waals surface area contributed by atoms with Crippen LogP contribution in [0, 0.1) is 11.8 Å². The van der Waals surface area contributed by atoms with E-state index in [0.717, 1.165) is 11.8 Å². The number of rotatable bonds is 2. The van der Waals surface area contributed by atoms with Gasteiger partial charge in [0.25, 0.3) is 0 Å². The average molecular weight is 167 g/mol. The van der Waals surface area contributed by atoms with Crippen LogP contribution in [0.5, 0.6) is 0 Å². The lowest BCUT2D eigenvalue weighted by atomic mass is 9.95. The Hall–Kier alpha value is -0.0400. The highest BCUT2D eigenvalue weighted by atomic mass is 15.1. The molecule has 1 unspecified atom stereocenters. The van der Waals surface area contributed by atoms with Crippen LogP contribution in [0.4, 0.5) is 0 Å². The van der Waals surface area contributed by atoms with Crippen molar-refractivity contribution in [3.05, 3.63) is 0 Å². The molecule has 1 saturated heterocycles. The quantitative estimate of drug-likeness (QED) is 0.611. The third kappa shape index (κ3) is 2.48. The van der Waals surface area contributed by atoms with E-state index < -0.39 is 0 Å². The second-order valence-corrected chi connectivity index (χ2v) is 4.78. The molecule has 2 fully saturated rings. The van der Waals surface area contributed by atoms with Crippen molar-refractivity contribution in [3.8, 4) is 0 Å². The first kappa shape index (κ1) is 8.55. The normalized spacial score (nSPS) is 33.2. The molecule has 1 saturated carbocycles. The Balaban J connectivity index is 1.73. The Morgan fingerprint density at radius 2 is 1.75 bits per heavy atom. The fourth-order valence-corrected chi connectivity index (χ4v) is 2.37. The van der Waals surface area contributed by atoms with Crippen LogP contribution >= 0.6 is 0 Å². The first-order valence-electron chi connectivity index (χ1n) is 5.53. The average Bonchev–Trinajstić information content (AvgIpc) is 2.83. The van der Waals surface area contributed by atoms with Gasteiger partial charge in [-0.15, -0.1) is 0 Å². The molecule has 1 heteroatoms. The summed E-state index contributed by atoms with van der Waals surface area (Å²) in [5, 5.41) is 0. The zero-order valence-corrected chi connectivity index (χ0v) is 8.26. The minimum absolute atomic E-state index is 1.07. The van der Waals surface area contributed by atoms with E-state index in [1.54, 1.807) is 6.42 Å². The van der Waals surface area contributed by atoms with Crippen molar-refractivity contribution >= 4 is 0 Å². The number of hydrogen-bond acceptors (Lipinski definition) is 1. The van der Waals surface area contributed by atoms with Gasteiger partial charge in [0.05, 0.1) is 0 Å². The van der Waals surface area contributed by atoms with Gasteiger partial charge < -0.3 is 4.90 Å². The lowest BCUT2D eigenvalue weighted by Crippen LogP contribution is -2.18. The predicted octanol–water partition coefficient (Wildman–Crippen LogP) is 2.52. The van der Waals surface area contributed by atoms with Gasteiger partial charge in [-0.1, -0.05) is 12.8 Å². The molecular formula is C11H21N. The molecule has 1 atom stereocenters. The van der Waals surface area contributed by atoms with E-state index in [-0.39, 0.29) is 0 Å². The van der Waals surface area contributed by atoms with Crippen LogP contribution in [-0.4, -0.2) is 25.0 Å². The summed E-state index contributed by atoms with van der Waals surface area (Å²) in [5.41, 5.74) is 0. The van der Waals surface area contributed by atoms with E-state index in [1.807, 2.05) is 0 Å². The highest BCUT2D eigenvalue weighted by Crippen LogP contribution is 2.38. The van der Waals surface area contributed by atoms with Crippen molar-refractivity contribution in [2.45, 2.75) is 38.5 Å². The fraction of sp³-hybridized carbons (Fsp3) is 1.00. The maximum atomic E-state index is 2.49. The van der Waals surface area contributed by atoms with Gasteiger partial charge in [-0.05, 0) is 57.7 Å². The maximum absolute atomic E-state index is 2.49. The van der Waals surface area contributed by atoms with Crippen LogP contribution in [0.1, 0.15) is 38.5 Å². The lowest BCUT2D eigenvalue weighted by molar-refractivity contribution is 0.336. The van der Waals surface area contributed by atoms with Gasteiger partial charge >= 0.3 is 0 Å². The third-order valence-corrected chi connectivity index (χ3v) is 3.43. The van der Waals surface area contributed by atoms with Crippen molar-refractivity contribution in [2.24, 2.45) is 11.8 Å². The molecule has 1 heterocycles. The van der Waals surface area contributed by atoms with Gasteiger partial charge in [0.15, 0.2) is 0 Å². The lowest BCUT2D eigenvalue weighted by Gasteiger charge is -2.14. The molecular weight excluding hydrogens is 146 g/mol. The summed E-state index contributed by atoms with van der Waals surface area (Å²) in [4.78, 5) is 2.49. The van der Waals surface area contributed by atoms with Crippen LogP contribution in [0.25, 0.3) is 0 Å². The maximum Gasteiger partial charge on any atom is -0.00191 e. The van der Waals surface area contributed by atoms with Crippen LogP contribution in [0.3, 0.4) is 0 Å². The number of nitrogens with zero attached hydrogens (tertiary/aromatic N) is 1. The van der Waals surface area contributed by atoms with E-state index in [4.69, 9.17) is 0 Å². The van der Waals surface area contributed by atoms with Crippen molar-refractivity contribution in [1.29, 1.82) is 0 Å². The zero-order chi connectivity index (χ0) is 8.39. The van der Waals surface area contributed by atoms with Gasteiger partial charge in [-0.2, -0.15) is 0 Å². The van der Waals surface area contributed by atoms with Gasteiger partial charge in [0, 0.05) is 0 Å². The molecule has 2 aliphatic rings. The van der Waals surface area contributed by atoms with Crippen LogP contribution in [0.15, 0.2) is 0 Å². The first-order chi connectivity index (χ1) is 5.84. The Labute approximate surface area is 76.1 Å². The smallest absolute Gasteiger partial charge is 0.00191 e. The van der Waals surface area contributed by atoms with E-state index in [2.05, 4.69) is 11.9 Å². The van der Waals surface area contributed by atoms with E-state index in [1.165, 1.54) is 45.2 Å². The molecule has 0 bridgehead atoms. The molecule has 1 aliphatic carbocycles. The third-order valence-electron chi connectivity index (χ3n) is 3.43. The topological polar surface area (TPSA) is 3.24 Å². The van der Waals surface area contributed by atoms with Crippen molar-refractivity contribution in [3.63, 3.8) is 0 Å². The zero-order valence-electron chi connectivity index (χ0n) is 8.26. The molecule has 0 amide bonds. The monoisotopic (exact) mass is 167 g/mol. The van der Waals surface area contributed by atoms with Crippen molar-refractivity contribution in [1.82, 2.24) is 4.90 Å². The Morgan fingerprint density at radius 1 is 1.00 bits per heavy atom. The highest BCUT2D eigenvalue weighted by Gasteiger charge is 2.26. The molecule has 1 nitrogen and oxygen atoms in total. The van der Waals surface area contributed by atoms with Gasteiger partial charge in [-0.3, -0.25) is 0 Å². The molecule has 12 heavy (non-hydrogen) atoms. The molecule has 0 aromatic heterocycles.